The van der Waals surface area contributed by atoms with Gasteiger partial charge in [-0.1, -0.05) is 24.3 Å². The number of aromatic nitrogens is 1. The summed E-state index contributed by atoms with van der Waals surface area (Å²) in [6.07, 6.45) is 1.74. The van der Waals surface area contributed by atoms with E-state index < -0.39 is 0 Å². The number of hydrogen-bond donors (Lipinski definition) is 1. The van der Waals surface area contributed by atoms with Crippen molar-refractivity contribution in [3.05, 3.63) is 54.7 Å². The summed E-state index contributed by atoms with van der Waals surface area (Å²) in [6.45, 7) is 0. The van der Waals surface area contributed by atoms with Gasteiger partial charge in [-0.25, -0.2) is 0 Å². The zero-order valence-electron chi connectivity index (χ0n) is 10.5. The molecule has 0 aliphatic heterocycles. The van der Waals surface area contributed by atoms with E-state index in [0.29, 0.717) is 0 Å². The van der Waals surface area contributed by atoms with Crippen LogP contribution >= 0.6 is 0 Å². The average molecular weight is 251 g/mol. The van der Waals surface area contributed by atoms with Gasteiger partial charge in [-0.2, -0.15) is 0 Å². The molecule has 0 unspecified atom stereocenters. The topological polar surface area (TPSA) is 42.4 Å². The third-order valence-electron chi connectivity index (χ3n) is 3.15. The highest BCUT2D eigenvalue weighted by Gasteiger charge is 2.11. The van der Waals surface area contributed by atoms with Crippen molar-refractivity contribution in [3.8, 4) is 22.6 Å². The first-order valence-electron chi connectivity index (χ1n) is 6.01. The van der Waals surface area contributed by atoms with Gasteiger partial charge in [0.2, 0.25) is 0 Å². The van der Waals surface area contributed by atoms with Gasteiger partial charge in [-0.15, -0.1) is 0 Å². The molecule has 1 heterocycles. The van der Waals surface area contributed by atoms with Gasteiger partial charge in [0.05, 0.1) is 7.11 Å². The van der Waals surface area contributed by atoms with Crippen molar-refractivity contribution in [2.45, 2.75) is 0 Å². The van der Waals surface area contributed by atoms with Crippen LogP contribution in [0, 0.1) is 0 Å². The van der Waals surface area contributed by atoms with E-state index in [-0.39, 0.29) is 5.75 Å². The van der Waals surface area contributed by atoms with Gasteiger partial charge in [0.25, 0.3) is 0 Å². The van der Waals surface area contributed by atoms with Crippen LogP contribution in [0.3, 0.4) is 0 Å². The molecule has 0 aliphatic rings. The van der Waals surface area contributed by atoms with Crippen LogP contribution in [0.2, 0.25) is 0 Å². The number of rotatable bonds is 2. The van der Waals surface area contributed by atoms with Gasteiger partial charge < -0.3 is 9.84 Å². The Bertz CT molecular complexity index is 738. The number of phenols is 1. The lowest BCUT2D eigenvalue weighted by Gasteiger charge is -2.10. The van der Waals surface area contributed by atoms with E-state index in [2.05, 4.69) is 4.98 Å². The second-order valence-corrected chi connectivity index (χ2v) is 4.23. The predicted octanol–water partition coefficient (Wildman–Crippen LogP) is 3.62. The minimum atomic E-state index is 0.262. The van der Waals surface area contributed by atoms with Crippen LogP contribution in [0.5, 0.6) is 11.5 Å². The quantitative estimate of drug-likeness (QED) is 0.756. The van der Waals surface area contributed by atoms with Gasteiger partial charge in [0.1, 0.15) is 17.0 Å². The maximum atomic E-state index is 10.00. The van der Waals surface area contributed by atoms with E-state index in [0.717, 1.165) is 27.8 Å². The summed E-state index contributed by atoms with van der Waals surface area (Å²) in [5.74, 6) is 0.993. The van der Waals surface area contributed by atoms with Gasteiger partial charge in [-0.05, 0) is 29.8 Å². The lowest BCUT2D eigenvalue weighted by atomic mass is 9.99. The fourth-order valence-electron chi connectivity index (χ4n) is 2.25. The number of pyridine rings is 1. The zero-order chi connectivity index (χ0) is 13.2. The lowest BCUT2D eigenvalue weighted by Crippen LogP contribution is -1.90. The molecule has 94 valence electrons. The van der Waals surface area contributed by atoms with Crippen molar-refractivity contribution in [3.63, 3.8) is 0 Å². The van der Waals surface area contributed by atoms with E-state index in [1.807, 2.05) is 42.5 Å². The summed E-state index contributed by atoms with van der Waals surface area (Å²) in [4.78, 5) is 4.36. The van der Waals surface area contributed by atoms with Crippen LogP contribution in [0.25, 0.3) is 22.0 Å². The smallest absolute Gasteiger partial charge is 0.145 e. The summed E-state index contributed by atoms with van der Waals surface area (Å²) in [5.41, 5.74) is 2.54. The van der Waals surface area contributed by atoms with Crippen molar-refractivity contribution in [1.82, 2.24) is 4.98 Å². The second-order valence-electron chi connectivity index (χ2n) is 4.23. The molecule has 0 bridgehead atoms. The first kappa shape index (κ1) is 11.5. The molecule has 0 fully saturated rings. The van der Waals surface area contributed by atoms with Crippen LogP contribution in [0.4, 0.5) is 0 Å². The fraction of sp³-hybridized carbons (Fsp3) is 0.0625. The third-order valence-corrected chi connectivity index (χ3v) is 3.15. The molecule has 0 radical (unpaired) electrons. The molecule has 19 heavy (non-hydrogen) atoms. The van der Waals surface area contributed by atoms with E-state index in [1.54, 1.807) is 19.4 Å². The normalized spacial score (nSPS) is 10.6. The highest BCUT2D eigenvalue weighted by Crippen LogP contribution is 2.36. The highest BCUT2D eigenvalue weighted by atomic mass is 16.5. The molecule has 0 amide bonds. The van der Waals surface area contributed by atoms with Crippen LogP contribution < -0.4 is 4.74 Å². The number of phenolic OH excluding ortho intramolecular Hbond substituents is 1. The molecule has 1 N–H and O–H groups in total. The molecule has 0 saturated carbocycles. The molecular weight excluding hydrogens is 238 g/mol. The van der Waals surface area contributed by atoms with Crippen molar-refractivity contribution < 1.29 is 9.84 Å². The molecule has 0 aliphatic carbocycles. The van der Waals surface area contributed by atoms with Crippen molar-refractivity contribution in [2.24, 2.45) is 0 Å². The van der Waals surface area contributed by atoms with E-state index in [4.69, 9.17) is 4.74 Å². The zero-order valence-corrected chi connectivity index (χ0v) is 10.5. The van der Waals surface area contributed by atoms with Crippen LogP contribution in [0.15, 0.2) is 54.7 Å². The number of hydrogen-bond acceptors (Lipinski definition) is 3. The molecule has 2 aromatic carbocycles. The molecule has 3 heteroatoms. The lowest BCUT2D eigenvalue weighted by molar-refractivity contribution is 0.419. The van der Waals surface area contributed by atoms with Gasteiger partial charge in [0.15, 0.2) is 0 Å². The Kier molecular flexibility index (Phi) is 2.80. The number of fused-ring (bicyclic) bond motifs is 1. The van der Waals surface area contributed by atoms with Crippen LogP contribution in [-0.2, 0) is 0 Å². The fourth-order valence-corrected chi connectivity index (χ4v) is 2.25. The number of nitrogens with zero attached hydrogens (tertiary/aromatic N) is 1. The van der Waals surface area contributed by atoms with Crippen molar-refractivity contribution in [2.75, 3.05) is 7.11 Å². The third kappa shape index (κ3) is 1.89. The summed E-state index contributed by atoms with van der Waals surface area (Å²) in [6, 6.07) is 15.0. The largest absolute Gasteiger partial charge is 0.507 e. The molecule has 3 nitrogen and oxygen atoms in total. The summed E-state index contributed by atoms with van der Waals surface area (Å²) in [7, 11) is 1.63. The number of ether oxygens (including phenoxy) is 1. The Hall–Kier alpha value is -2.55. The van der Waals surface area contributed by atoms with E-state index in [1.165, 1.54) is 0 Å². The van der Waals surface area contributed by atoms with E-state index >= 15 is 0 Å². The van der Waals surface area contributed by atoms with E-state index in [9.17, 15) is 5.11 Å². The van der Waals surface area contributed by atoms with Crippen LogP contribution in [-0.4, -0.2) is 17.2 Å². The monoisotopic (exact) mass is 251 g/mol. The van der Waals surface area contributed by atoms with Crippen molar-refractivity contribution in [1.29, 1.82) is 0 Å². The maximum Gasteiger partial charge on any atom is 0.145 e. The summed E-state index contributed by atoms with van der Waals surface area (Å²) < 4.78 is 5.32. The summed E-state index contributed by atoms with van der Waals surface area (Å²) >= 11 is 0. The van der Waals surface area contributed by atoms with Gasteiger partial charge >= 0.3 is 0 Å². The first-order valence-corrected chi connectivity index (χ1v) is 6.01. The molecule has 3 aromatic rings. The Morgan fingerprint density at radius 1 is 0.947 bits per heavy atom. The van der Waals surface area contributed by atoms with Crippen molar-refractivity contribution >= 4 is 10.9 Å². The molecule has 0 atom stereocenters. The Morgan fingerprint density at radius 2 is 1.79 bits per heavy atom. The average Bonchev–Trinajstić information content (AvgIpc) is 2.47. The Balaban J connectivity index is 2.35. The highest BCUT2D eigenvalue weighted by molar-refractivity contribution is 5.98. The maximum absolute atomic E-state index is 10.00. The Labute approximate surface area is 111 Å². The standard InChI is InChI=1S/C16H13NO2/c1-19-15-9-8-11(12-5-2-3-7-14(12)18)13-6-4-10-17-16(13)15/h2-10,18H,1H3. The molecule has 3 rings (SSSR count). The number of aromatic hydroxyl groups is 1. The number of methoxy groups -OCH3 is 1. The second kappa shape index (κ2) is 4.61. The number of para-hydroxylation sites is 1. The minimum absolute atomic E-state index is 0.262. The molecule has 0 saturated heterocycles. The summed E-state index contributed by atoms with van der Waals surface area (Å²) in [5, 5.41) is 11.0. The minimum Gasteiger partial charge on any atom is -0.507 e. The molecular formula is C16H13NO2. The molecule has 0 spiro atoms. The SMILES string of the molecule is COc1ccc(-c2ccccc2O)c2cccnc12. The van der Waals surface area contributed by atoms with Gasteiger partial charge in [-0.3, -0.25) is 4.98 Å². The first-order chi connectivity index (χ1) is 9.31. The van der Waals surface area contributed by atoms with Crippen LogP contribution in [0.1, 0.15) is 0 Å². The Morgan fingerprint density at radius 3 is 2.58 bits per heavy atom. The predicted molar refractivity (Wildman–Crippen MR) is 75.4 cm³/mol. The molecule has 1 aromatic heterocycles. The van der Waals surface area contributed by atoms with Gasteiger partial charge in [0, 0.05) is 17.1 Å². The number of benzene rings is 2.